The summed E-state index contributed by atoms with van der Waals surface area (Å²) in [5, 5.41) is 0.632. The molecule has 0 amide bonds. The Morgan fingerprint density at radius 1 is 1.28 bits per heavy atom. The van der Waals surface area contributed by atoms with Gasteiger partial charge in [-0.05, 0) is 24.3 Å². The molecule has 0 saturated carbocycles. The highest BCUT2D eigenvalue weighted by atomic mass is 35.5. The first-order chi connectivity index (χ1) is 8.72. The summed E-state index contributed by atoms with van der Waals surface area (Å²) in [7, 11) is 3.67. The van der Waals surface area contributed by atoms with Crippen LogP contribution in [0.3, 0.4) is 0 Å². The molecule has 0 radical (unpaired) electrons. The maximum absolute atomic E-state index is 6.18. The summed E-state index contributed by atoms with van der Waals surface area (Å²) in [5.41, 5.74) is 3.02. The average molecular weight is 261 g/mol. The molecule has 0 N–H and O–H groups in total. The maximum Gasteiger partial charge on any atom is 0.143 e. The fraction of sp³-hybridized carbons (Fsp3) is 0.214. The van der Waals surface area contributed by atoms with E-state index in [-0.39, 0.29) is 6.04 Å². The molecule has 4 heteroatoms. The summed E-state index contributed by atoms with van der Waals surface area (Å²) in [6, 6.07) is 8.02. The highest BCUT2D eigenvalue weighted by molar-refractivity contribution is 6.33. The van der Waals surface area contributed by atoms with Gasteiger partial charge in [0.05, 0.1) is 29.2 Å². The van der Waals surface area contributed by atoms with Crippen LogP contribution >= 0.6 is 11.6 Å². The van der Waals surface area contributed by atoms with Crippen molar-refractivity contribution in [3.63, 3.8) is 0 Å². The molecule has 0 bridgehead atoms. The molecule has 1 aromatic rings. The van der Waals surface area contributed by atoms with Gasteiger partial charge in [0, 0.05) is 7.05 Å². The minimum Gasteiger partial charge on any atom is -0.497 e. The zero-order valence-electron chi connectivity index (χ0n) is 10.2. The SMILES string of the molecule is COC1=C(Cl)C=CC2=Nc3ccccc3N(C)C21. The van der Waals surface area contributed by atoms with Crippen LogP contribution in [-0.2, 0) is 4.74 Å². The minimum atomic E-state index is -0.0394. The molecule has 1 atom stereocenters. The highest BCUT2D eigenvalue weighted by Gasteiger charge is 2.33. The van der Waals surface area contributed by atoms with Gasteiger partial charge in [-0.3, -0.25) is 0 Å². The lowest BCUT2D eigenvalue weighted by Gasteiger charge is -2.36. The molecule has 1 aliphatic heterocycles. The van der Waals surface area contributed by atoms with E-state index in [0.29, 0.717) is 5.03 Å². The normalized spacial score (nSPS) is 21.4. The van der Waals surface area contributed by atoms with Crippen LogP contribution < -0.4 is 4.90 Å². The van der Waals surface area contributed by atoms with E-state index in [9.17, 15) is 0 Å². The third-order valence-corrected chi connectivity index (χ3v) is 3.60. The number of methoxy groups -OCH3 is 1. The number of rotatable bonds is 1. The zero-order chi connectivity index (χ0) is 12.7. The van der Waals surface area contributed by atoms with Crippen LogP contribution in [0.15, 0.2) is 52.2 Å². The lowest BCUT2D eigenvalue weighted by Crippen LogP contribution is -2.43. The first-order valence-corrected chi connectivity index (χ1v) is 6.12. The summed E-state index contributed by atoms with van der Waals surface area (Å²) in [4.78, 5) is 6.81. The quantitative estimate of drug-likeness (QED) is 0.774. The van der Waals surface area contributed by atoms with Crippen molar-refractivity contribution in [2.75, 3.05) is 19.1 Å². The van der Waals surface area contributed by atoms with Crippen LogP contribution in [0.5, 0.6) is 0 Å². The summed E-state index contributed by atoms with van der Waals surface area (Å²) < 4.78 is 5.43. The van der Waals surface area contributed by atoms with Crippen LogP contribution in [0.25, 0.3) is 0 Å². The molecule has 0 aromatic heterocycles. The number of halogens is 1. The van der Waals surface area contributed by atoms with Crippen LogP contribution in [-0.4, -0.2) is 25.9 Å². The van der Waals surface area contributed by atoms with Crippen LogP contribution in [0.2, 0.25) is 0 Å². The van der Waals surface area contributed by atoms with Crippen molar-refractivity contribution < 1.29 is 4.74 Å². The lowest BCUT2D eigenvalue weighted by molar-refractivity contribution is 0.274. The molecule has 0 saturated heterocycles. The second kappa shape index (κ2) is 4.18. The Hall–Kier alpha value is -1.74. The summed E-state index contributed by atoms with van der Waals surface area (Å²) in [6.07, 6.45) is 3.78. The molecule has 1 aromatic carbocycles. The second-order valence-electron chi connectivity index (χ2n) is 4.29. The summed E-state index contributed by atoms with van der Waals surface area (Å²) >= 11 is 6.18. The van der Waals surface area contributed by atoms with Gasteiger partial charge in [0.15, 0.2) is 0 Å². The van der Waals surface area contributed by atoms with Crippen LogP contribution in [0.4, 0.5) is 11.4 Å². The van der Waals surface area contributed by atoms with Gasteiger partial charge in [0.25, 0.3) is 0 Å². The van der Waals surface area contributed by atoms with E-state index < -0.39 is 0 Å². The molecule has 92 valence electrons. The van der Waals surface area contributed by atoms with E-state index in [1.54, 1.807) is 7.11 Å². The van der Waals surface area contributed by atoms with Crippen molar-refractivity contribution >= 4 is 28.7 Å². The standard InChI is InChI=1S/C14H13ClN2O/c1-17-12-6-4-3-5-10(12)16-11-8-7-9(15)14(18-2)13(11)17/h3-8,13H,1-2H3. The van der Waals surface area contributed by atoms with Gasteiger partial charge in [-0.15, -0.1) is 0 Å². The van der Waals surface area contributed by atoms with Gasteiger partial charge >= 0.3 is 0 Å². The zero-order valence-corrected chi connectivity index (χ0v) is 11.0. The third-order valence-electron chi connectivity index (χ3n) is 3.28. The number of allylic oxidation sites excluding steroid dienone is 2. The first kappa shape index (κ1) is 11.4. The Labute approximate surface area is 111 Å². The van der Waals surface area contributed by atoms with Crippen molar-refractivity contribution in [1.82, 2.24) is 0 Å². The number of hydrogen-bond acceptors (Lipinski definition) is 3. The van der Waals surface area contributed by atoms with E-state index in [2.05, 4.69) is 16.0 Å². The molecule has 1 heterocycles. The largest absolute Gasteiger partial charge is 0.497 e. The Morgan fingerprint density at radius 3 is 2.83 bits per heavy atom. The summed E-state index contributed by atoms with van der Waals surface area (Å²) in [5.74, 6) is 0.745. The number of anilines is 1. The fourth-order valence-electron chi connectivity index (χ4n) is 2.41. The van der Waals surface area contributed by atoms with Gasteiger partial charge < -0.3 is 9.64 Å². The van der Waals surface area contributed by atoms with Gasteiger partial charge in [0.1, 0.15) is 11.8 Å². The van der Waals surface area contributed by atoms with Crippen molar-refractivity contribution in [1.29, 1.82) is 0 Å². The number of para-hydroxylation sites is 2. The van der Waals surface area contributed by atoms with E-state index in [1.165, 1.54) is 0 Å². The topological polar surface area (TPSA) is 24.8 Å². The third kappa shape index (κ3) is 1.55. The number of benzene rings is 1. The number of aliphatic imine (C=N–C) groups is 1. The minimum absolute atomic E-state index is 0.0394. The molecule has 0 spiro atoms. The van der Waals surface area contributed by atoms with E-state index >= 15 is 0 Å². The monoisotopic (exact) mass is 260 g/mol. The van der Waals surface area contributed by atoms with E-state index in [1.807, 2.05) is 37.4 Å². The molecule has 2 aliphatic rings. The Balaban J connectivity index is 2.17. The van der Waals surface area contributed by atoms with Crippen molar-refractivity contribution in [3.05, 3.63) is 47.2 Å². The summed E-state index contributed by atoms with van der Waals surface area (Å²) in [6.45, 7) is 0. The molecular formula is C14H13ClN2O. The lowest BCUT2D eigenvalue weighted by atomic mass is 9.99. The Kier molecular flexibility index (Phi) is 2.63. The smallest absolute Gasteiger partial charge is 0.143 e. The maximum atomic E-state index is 6.18. The van der Waals surface area contributed by atoms with Gasteiger partial charge in [0.2, 0.25) is 0 Å². The van der Waals surface area contributed by atoms with Gasteiger partial charge in [-0.25, -0.2) is 4.99 Å². The molecular weight excluding hydrogens is 248 g/mol. The second-order valence-corrected chi connectivity index (χ2v) is 4.70. The van der Waals surface area contributed by atoms with Crippen molar-refractivity contribution in [3.8, 4) is 0 Å². The molecule has 18 heavy (non-hydrogen) atoms. The Bertz CT molecular complexity index is 589. The van der Waals surface area contributed by atoms with Gasteiger partial charge in [-0.1, -0.05) is 23.7 Å². The predicted molar refractivity (Wildman–Crippen MR) is 74.8 cm³/mol. The Morgan fingerprint density at radius 2 is 2.06 bits per heavy atom. The molecule has 3 rings (SSSR count). The molecule has 1 aliphatic carbocycles. The van der Waals surface area contributed by atoms with Crippen LogP contribution in [0.1, 0.15) is 0 Å². The fourth-order valence-corrected chi connectivity index (χ4v) is 2.66. The van der Waals surface area contributed by atoms with E-state index in [4.69, 9.17) is 16.3 Å². The molecule has 1 unspecified atom stereocenters. The molecule has 3 nitrogen and oxygen atoms in total. The van der Waals surface area contributed by atoms with Crippen molar-refractivity contribution in [2.24, 2.45) is 4.99 Å². The van der Waals surface area contributed by atoms with Gasteiger partial charge in [-0.2, -0.15) is 0 Å². The number of fused-ring (bicyclic) bond motifs is 2. The first-order valence-electron chi connectivity index (χ1n) is 5.74. The number of hydrogen-bond donors (Lipinski definition) is 0. The predicted octanol–water partition coefficient (Wildman–Crippen LogP) is 3.24. The number of likely N-dealkylation sites (N-methyl/N-ethyl adjacent to an activating group) is 1. The highest BCUT2D eigenvalue weighted by Crippen LogP contribution is 2.38. The van der Waals surface area contributed by atoms with Crippen LogP contribution in [0, 0.1) is 0 Å². The number of ether oxygens (including phenoxy) is 1. The van der Waals surface area contributed by atoms with E-state index in [0.717, 1.165) is 22.8 Å². The average Bonchev–Trinajstić information content (AvgIpc) is 2.40. The molecule has 0 fully saturated rings. The number of nitrogens with zero attached hydrogens (tertiary/aromatic N) is 2. The van der Waals surface area contributed by atoms with Crippen molar-refractivity contribution in [2.45, 2.75) is 6.04 Å².